The van der Waals surface area contributed by atoms with Crippen LogP contribution < -0.4 is 4.90 Å². The second-order valence-corrected chi connectivity index (χ2v) is 7.14. The molecule has 1 fully saturated rings. The van der Waals surface area contributed by atoms with E-state index in [1.807, 2.05) is 0 Å². The molecule has 3 rings (SSSR count). The van der Waals surface area contributed by atoms with Crippen molar-refractivity contribution in [3.8, 4) is 11.4 Å². The summed E-state index contributed by atoms with van der Waals surface area (Å²) in [5.41, 5.74) is 0.207. The van der Waals surface area contributed by atoms with Gasteiger partial charge in [0, 0.05) is 41.7 Å². The van der Waals surface area contributed by atoms with Crippen molar-refractivity contribution in [2.45, 2.75) is 20.3 Å². The molecular weight excluding hydrogens is 320 g/mol. The van der Waals surface area contributed by atoms with Crippen LogP contribution >= 0.6 is 11.5 Å². The van der Waals surface area contributed by atoms with E-state index >= 15 is 0 Å². The van der Waals surface area contributed by atoms with Crippen molar-refractivity contribution in [2.24, 2.45) is 11.3 Å². The molecule has 2 aromatic rings. The first-order chi connectivity index (χ1) is 10.9. The van der Waals surface area contributed by atoms with Crippen molar-refractivity contribution in [3.05, 3.63) is 29.8 Å². The maximum atomic E-state index is 13.3. The number of aliphatic hydroxyl groups is 1. The van der Waals surface area contributed by atoms with Crippen LogP contribution in [0.2, 0.25) is 0 Å². The summed E-state index contributed by atoms with van der Waals surface area (Å²) in [6.07, 6.45) is 0.894. The van der Waals surface area contributed by atoms with Gasteiger partial charge in [-0.1, -0.05) is 13.8 Å². The minimum atomic E-state index is -0.642. The Kier molecular flexibility index (Phi) is 4.33. The largest absolute Gasteiger partial charge is 0.396 e. The molecule has 0 bridgehead atoms. The quantitative estimate of drug-likeness (QED) is 0.928. The summed E-state index contributed by atoms with van der Waals surface area (Å²) in [6, 6.07) is 3.28. The van der Waals surface area contributed by atoms with E-state index in [9.17, 15) is 13.9 Å². The van der Waals surface area contributed by atoms with Gasteiger partial charge in [0.25, 0.3) is 0 Å². The lowest BCUT2D eigenvalue weighted by atomic mass is 9.77. The fourth-order valence-electron chi connectivity index (χ4n) is 2.99. The van der Waals surface area contributed by atoms with Gasteiger partial charge in [-0.3, -0.25) is 0 Å². The van der Waals surface area contributed by atoms with Gasteiger partial charge in [0.2, 0.25) is 5.13 Å². The van der Waals surface area contributed by atoms with Crippen LogP contribution in [0.5, 0.6) is 0 Å². The molecule has 1 saturated heterocycles. The van der Waals surface area contributed by atoms with Gasteiger partial charge < -0.3 is 10.0 Å². The highest BCUT2D eigenvalue weighted by molar-refractivity contribution is 7.09. The fraction of sp³-hybridized carbons (Fsp3) is 0.500. The van der Waals surface area contributed by atoms with Gasteiger partial charge in [-0.2, -0.15) is 9.36 Å². The zero-order valence-electron chi connectivity index (χ0n) is 13.1. The third-order valence-electron chi connectivity index (χ3n) is 4.73. The van der Waals surface area contributed by atoms with E-state index < -0.39 is 11.6 Å². The molecular formula is C16H19F2N3OS. The van der Waals surface area contributed by atoms with Crippen molar-refractivity contribution in [2.75, 3.05) is 24.6 Å². The van der Waals surface area contributed by atoms with Crippen molar-refractivity contribution >= 4 is 16.7 Å². The molecule has 1 aromatic heterocycles. The summed E-state index contributed by atoms with van der Waals surface area (Å²) in [6.45, 7) is 5.88. The molecule has 2 heterocycles. The van der Waals surface area contributed by atoms with Gasteiger partial charge in [-0.25, -0.2) is 8.78 Å². The number of nitrogens with zero attached hydrogens (tertiary/aromatic N) is 3. The predicted molar refractivity (Wildman–Crippen MR) is 86.4 cm³/mol. The van der Waals surface area contributed by atoms with E-state index in [0.29, 0.717) is 23.9 Å². The van der Waals surface area contributed by atoms with Crippen LogP contribution in [0, 0.1) is 23.0 Å². The summed E-state index contributed by atoms with van der Waals surface area (Å²) < 4.78 is 30.9. The maximum absolute atomic E-state index is 13.3. The average molecular weight is 339 g/mol. The first kappa shape index (κ1) is 16.3. The smallest absolute Gasteiger partial charge is 0.205 e. The lowest BCUT2D eigenvalue weighted by molar-refractivity contribution is 0.0976. The first-order valence-corrected chi connectivity index (χ1v) is 8.37. The van der Waals surface area contributed by atoms with Crippen LogP contribution in [-0.4, -0.2) is 34.2 Å². The lowest BCUT2D eigenvalue weighted by Crippen LogP contribution is -2.35. The molecule has 1 atom stereocenters. The molecule has 1 N–H and O–H groups in total. The van der Waals surface area contributed by atoms with E-state index in [4.69, 9.17) is 0 Å². The highest BCUT2D eigenvalue weighted by Gasteiger charge is 2.41. The van der Waals surface area contributed by atoms with Crippen molar-refractivity contribution in [1.29, 1.82) is 0 Å². The number of hydrogen-bond donors (Lipinski definition) is 1. The molecule has 1 aliphatic rings. The first-order valence-electron chi connectivity index (χ1n) is 7.59. The highest BCUT2D eigenvalue weighted by atomic mass is 32.1. The number of hydrogen-bond acceptors (Lipinski definition) is 5. The van der Waals surface area contributed by atoms with Crippen molar-refractivity contribution in [1.82, 2.24) is 9.36 Å². The number of benzene rings is 1. The summed E-state index contributed by atoms with van der Waals surface area (Å²) in [4.78, 5) is 6.51. The summed E-state index contributed by atoms with van der Waals surface area (Å²) in [5, 5.41) is 10.5. The average Bonchev–Trinajstić information content (AvgIpc) is 3.14. The summed E-state index contributed by atoms with van der Waals surface area (Å²) in [5.74, 6) is -0.593. The molecule has 0 saturated carbocycles. The zero-order valence-corrected chi connectivity index (χ0v) is 13.9. The molecule has 0 amide bonds. The SMILES string of the molecule is CC(C)C1(CO)CCN(c2nc(-c3cc(F)cc(F)c3)ns2)C1. The topological polar surface area (TPSA) is 49.2 Å². The number of aliphatic hydroxyl groups excluding tert-OH is 1. The third-order valence-corrected chi connectivity index (χ3v) is 5.51. The molecule has 0 radical (unpaired) electrons. The van der Waals surface area contributed by atoms with Gasteiger partial charge in [-0.15, -0.1) is 0 Å². The Labute approximate surface area is 138 Å². The van der Waals surface area contributed by atoms with Crippen molar-refractivity contribution in [3.63, 3.8) is 0 Å². The van der Waals surface area contributed by atoms with Crippen molar-refractivity contribution < 1.29 is 13.9 Å². The summed E-state index contributed by atoms with van der Waals surface area (Å²) >= 11 is 1.21. The van der Waals surface area contributed by atoms with E-state index in [0.717, 1.165) is 24.2 Å². The number of rotatable bonds is 4. The molecule has 7 heteroatoms. The number of aromatic nitrogens is 2. The molecule has 0 spiro atoms. The van der Waals surface area contributed by atoms with Crippen LogP contribution in [0.15, 0.2) is 18.2 Å². The van der Waals surface area contributed by atoms with E-state index in [1.165, 1.54) is 23.7 Å². The molecule has 1 unspecified atom stereocenters. The van der Waals surface area contributed by atoms with Crippen LogP contribution in [0.25, 0.3) is 11.4 Å². The standard InChI is InChI=1S/C16H19F2N3OS/c1-10(2)16(9-22)3-4-21(8-16)15-19-14(20-23-15)11-5-12(17)7-13(18)6-11/h5-7,10,22H,3-4,8-9H2,1-2H3. The fourth-order valence-corrected chi connectivity index (χ4v) is 3.70. The number of halogens is 2. The molecule has 0 aliphatic carbocycles. The third kappa shape index (κ3) is 3.07. The molecule has 4 nitrogen and oxygen atoms in total. The second kappa shape index (κ2) is 6.13. The van der Waals surface area contributed by atoms with E-state index in [2.05, 4.69) is 28.1 Å². The maximum Gasteiger partial charge on any atom is 0.205 e. The van der Waals surface area contributed by atoms with Crippen LogP contribution in [-0.2, 0) is 0 Å². The van der Waals surface area contributed by atoms with Gasteiger partial charge in [0.15, 0.2) is 5.82 Å². The Morgan fingerprint density at radius 2 is 2.00 bits per heavy atom. The van der Waals surface area contributed by atoms with Gasteiger partial charge in [0.1, 0.15) is 11.6 Å². The van der Waals surface area contributed by atoms with E-state index in [-0.39, 0.29) is 12.0 Å². The Bertz CT molecular complexity index is 686. The Morgan fingerprint density at radius 3 is 2.57 bits per heavy atom. The molecule has 1 aliphatic heterocycles. The molecule has 124 valence electrons. The van der Waals surface area contributed by atoms with Crippen LogP contribution in [0.3, 0.4) is 0 Å². The normalized spacial score (nSPS) is 21.4. The van der Waals surface area contributed by atoms with Crippen LogP contribution in [0.4, 0.5) is 13.9 Å². The molecule has 23 heavy (non-hydrogen) atoms. The minimum absolute atomic E-state index is 0.128. The van der Waals surface area contributed by atoms with Crippen LogP contribution in [0.1, 0.15) is 20.3 Å². The summed E-state index contributed by atoms with van der Waals surface area (Å²) in [7, 11) is 0. The van der Waals surface area contributed by atoms with Gasteiger partial charge in [-0.05, 0) is 24.5 Å². The zero-order chi connectivity index (χ0) is 16.6. The monoisotopic (exact) mass is 339 g/mol. The Balaban J connectivity index is 1.83. The number of anilines is 1. The second-order valence-electron chi connectivity index (χ2n) is 6.41. The predicted octanol–water partition coefficient (Wildman–Crippen LogP) is 3.33. The Hall–Kier alpha value is -1.60. The Morgan fingerprint density at radius 1 is 1.30 bits per heavy atom. The highest BCUT2D eigenvalue weighted by Crippen LogP contribution is 2.40. The lowest BCUT2D eigenvalue weighted by Gasteiger charge is -2.31. The van der Waals surface area contributed by atoms with E-state index in [1.54, 1.807) is 0 Å². The van der Waals surface area contributed by atoms with Gasteiger partial charge in [0.05, 0.1) is 6.61 Å². The van der Waals surface area contributed by atoms with Gasteiger partial charge >= 0.3 is 0 Å². The minimum Gasteiger partial charge on any atom is -0.396 e. The molecule has 1 aromatic carbocycles.